The summed E-state index contributed by atoms with van der Waals surface area (Å²) in [6.45, 7) is 0.0130. The van der Waals surface area contributed by atoms with Crippen LogP contribution in [0.1, 0.15) is 0 Å². The largest absolute Gasteiger partial charge is 0.424 e. The van der Waals surface area contributed by atoms with Gasteiger partial charge in [0.2, 0.25) is 5.91 Å². The van der Waals surface area contributed by atoms with Crippen LogP contribution in [0.5, 0.6) is 0 Å². The molecule has 1 amide bonds. The molecule has 0 bridgehead atoms. The van der Waals surface area contributed by atoms with E-state index in [0.717, 1.165) is 16.6 Å². The Bertz CT molecular complexity index is 1100. The van der Waals surface area contributed by atoms with Crippen molar-refractivity contribution in [2.45, 2.75) is 0 Å². The van der Waals surface area contributed by atoms with Gasteiger partial charge in [0, 0.05) is 0 Å². The molecule has 0 radical (unpaired) electrons. The van der Waals surface area contributed by atoms with Crippen LogP contribution in [0.15, 0.2) is 47.0 Å². The summed E-state index contributed by atoms with van der Waals surface area (Å²) in [5.74, 6) is 0.0414. The molecule has 2 aromatic heterocycles. The van der Waals surface area contributed by atoms with Gasteiger partial charge in [-0.05, 0) is 35.4 Å². The maximum absolute atomic E-state index is 10.8. The maximum Gasteiger partial charge on any atom is 0.292 e. The smallest absolute Gasteiger partial charge is 0.292 e. The standard InChI is InChI=1S/C17H14N6O2/c18-15(24)7-21-16-8-20-12-5-9(1-3-11(12)22-16)10-2-4-14-13(6-10)23-17(19)25-14/h1-6,8H,7H2,(H2,18,24)(H2,19,23)(H,21,22). The first kappa shape index (κ1) is 14.9. The number of rotatable bonds is 4. The molecule has 2 aromatic carbocycles. The Morgan fingerprint density at radius 1 is 1.04 bits per heavy atom. The molecule has 8 nitrogen and oxygen atoms in total. The number of aromatic nitrogens is 3. The van der Waals surface area contributed by atoms with Crippen molar-refractivity contribution in [3.8, 4) is 11.1 Å². The van der Waals surface area contributed by atoms with Crippen LogP contribution in [0.25, 0.3) is 33.3 Å². The Morgan fingerprint density at radius 2 is 1.80 bits per heavy atom. The quantitative estimate of drug-likeness (QED) is 0.519. The van der Waals surface area contributed by atoms with Gasteiger partial charge in [-0.2, -0.15) is 4.98 Å². The lowest BCUT2D eigenvalue weighted by Crippen LogP contribution is -2.22. The van der Waals surface area contributed by atoms with Gasteiger partial charge in [-0.1, -0.05) is 12.1 Å². The normalized spacial score (nSPS) is 11.0. The first-order chi connectivity index (χ1) is 12.1. The number of fused-ring (bicyclic) bond motifs is 2. The maximum atomic E-state index is 10.8. The minimum absolute atomic E-state index is 0.0130. The van der Waals surface area contributed by atoms with E-state index in [0.29, 0.717) is 22.4 Å². The zero-order chi connectivity index (χ0) is 17.4. The van der Waals surface area contributed by atoms with E-state index < -0.39 is 5.91 Å². The van der Waals surface area contributed by atoms with Crippen molar-refractivity contribution in [3.63, 3.8) is 0 Å². The van der Waals surface area contributed by atoms with Crippen LogP contribution in [0, 0.1) is 0 Å². The lowest BCUT2D eigenvalue weighted by atomic mass is 10.0. The van der Waals surface area contributed by atoms with Crippen LogP contribution in [0.2, 0.25) is 0 Å². The van der Waals surface area contributed by atoms with Gasteiger partial charge >= 0.3 is 0 Å². The predicted molar refractivity (Wildman–Crippen MR) is 94.6 cm³/mol. The minimum Gasteiger partial charge on any atom is -0.424 e. The lowest BCUT2D eigenvalue weighted by molar-refractivity contribution is -0.116. The fourth-order valence-electron chi connectivity index (χ4n) is 2.58. The van der Waals surface area contributed by atoms with E-state index in [4.69, 9.17) is 15.9 Å². The molecular formula is C17H14N6O2. The molecule has 4 rings (SSSR count). The number of primary amides is 1. The first-order valence-electron chi connectivity index (χ1n) is 7.54. The number of anilines is 2. The van der Waals surface area contributed by atoms with Crippen molar-refractivity contribution in [2.75, 3.05) is 17.6 Å². The van der Waals surface area contributed by atoms with Crippen LogP contribution < -0.4 is 16.8 Å². The summed E-state index contributed by atoms with van der Waals surface area (Å²) in [4.78, 5) is 23.8. The molecule has 0 atom stereocenters. The highest BCUT2D eigenvalue weighted by Crippen LogP contribution is 2.27. The van der Waals surface area contributed by atoms with E-state index >= 15 is 0 Å². The highest BCUT2D eigenvalue weighted by Gasteiger charge is 2.07. The summed E-state index contributed by atoms with van der Waals surface area (Å²) in [5, 5.41) is 2.83. The SMILES string of the molecule is NC(=O)CNc1cnc2cc(-c3ccc4oc(N)nc4c3)ccc2n1. The van der Waals surface area contributed by atoms with Crippen molar-refractivity contribution in [1.82, 2.24) is 15.0 Å². The number of oxazole rings is 1. The third-order valence-electron chi connectivity index (χ3n) is 3.72. The van der Waals surface area contributed by atoms with E-state index in [-0.39, 0.29) is 12.6 Å². The van der Waals surface area contributed by atoms with Gasteiger partial charge in [0.25, 0.3) is 6.01 Å². The zero-order valence-corrected chi connectivity index (χ0v) is 13.1. The van der Waals surface area contributed by atoms with E-state index in [9.17, 15) is 4.79 Å². The monoisotopic (exact) mass is 334 g/mol. The van der Waals surface area contributed by atoms with Crippen LogP contribution in [-0.4, -0.2) is 27.4 Å². The van der Waals surface area contributed by atoms with E-state index in [1.54, 1.807) is 6.20 Å². The average molecular weight is 334 g/mol. The van der Waals surface area contributed by atoms with Gasteiger partial charge in [0.15, 0.2) is 5.58 Å². The number of nitrogens with two attached hydrogens (primary N) is 2. The molecule has 0 aliphatic carbocycles. The Morgan fingerprint density at radius 3 is 2.60 bits per heavy atom. The first-order valence-corrected chi connectivity index (χ1v) is 7.54. The number of nitrogens with one attached hydrogen (secondary N) is 1. The molecule has 4 aromatic rings. The van der Waals surface area contributed by atoms with Crippen molar-refractivity contribution in [3.05, 3.63) is 42.6 Å². The Hall–Kier alpha value is -3.68. The van der Waals surface area contributed by atoms with Gasteiger partial charge in [-0.3, -0.25) is 9.78 Å². The number of hydrogen-bond donors (Lipinski definition) is 3. The molecule has 5 N–H and O–H groups in total. The average Bonchev–Trinajstić information content (AvgIpc) is 2.98. The van der Waals surface area contributed by atoms with Gasteiger partial charge < -0.3 is 21.2 Å². The number of amides is 1. The van der Waals surface area contributed by atoms with Gasteiger partial charge in [-0.25, -0.2) is 4.98 Å². The van der Waals surface area contributed by atoms with Gasteiger partial charge in [0.05, 0.1) is 23.8 Å². The van der Waals surface area contributed by atoms with Gasteiger partial charge in [-0.15, -0.1) is 0 Å². The molecule has 0 aliphatic heterocycles. The number of hydrogen-bond acceptors (Lipinski definition) is 7. The van der Waals surface area contributed by atoms with Crippen LogP contribution in [-0.2, 0) is 4.79 Å². The minimum atomic E-state index is -0.457. The number of nitrogen functional groups attached to an aromatic ring is 1. The summed E-state index contributed by atoms with van der Waals surface area (Å²) in [6.07, 6.45) is 1.57. The molecule has 0 saturated heterocycles. The highest BCUT2D eigenvalue weighted by molar-refractivity contribution is 5.86. The highest BCUT2D eigenvalue weighted by atomic mass is 16.4. The Balaban J connectivity index is 1.69. The Labute approximate surface area is 141 Å². The number of carbonyl (C=O) groups excluding carboxylic acids is 1. The molecule has 8 heteroatoms. The lowest BCUT2D eigenvalue weighted by Gasteiger charge is -2.06. The van der Waals surface area contributed by atoms with Crippen molar-refractivity contribution < 1.29 is 9.21 Å². The van der Waals surface area contributed by atoms with E-state index in [1.165, 1.54) is 0 Å². The predicted octanol–water partition coefficient (Wildman–Crippen LogP) is 1.92. The summed E-state index contributed by atoms with van der Waals surface area (Å²) in [5.41, 5.74) is 15.4. The fourth-order valence-corrected chi connectivity index (χ4v) is 2.58. The Kier molecular flexibility index (Phi) is 3.42. The second-order valence-corrected chi connectivity index (χ2v) is 5.51. The molecular weight excluding hydrogens is 320 g/mol. The topological polar surface area (TPSA) is 133 Å². The van der Waals surface area contributed by atoms with Crippen molar-refractivity contribution in [2.24, 2.45) is 5.73 Å². The van der Waals surface area contributed by atoms with Crippen molar-refractivity contribution in [1.29, 1.82) is 0 Å². The van der Waals surface area contributed by atoms with E-state index in [1.807, 2.05) is 36.4 Å². The van der Waals surface area contributed by atoms with Crippen LogP contribution >= 0.6 is 0 Å². The summed E-state index contributed by atoms with van der Waals surface area (Å²) in [6, 6.07) is 11.6. The third kappa shape index (κ3) is 2.92. The fraction of sp³-hybridized carbons (Fsp3) is 0.0588. The zero-order valence-electron chi connectivity index (χ0n) is 13.1. The summed E-state index contributed by atoms with van der Waals surface area (Å²) >= 11 is 0. The third-order valence-corrected chi connectivity index (χ3v) is 3.72. The van der Waals surface area contributed by atoms with Crippen LogP contribution in [0.3, 0.4) is 0 Å². The van der Waals surface area contributed by atoms with E-state index in [2.05, 4.69) is 20.3 Å². The molecule has 0 saturated carbocycles. The second-order valence-electron chi connectivity index (χ2n) is 5.51. The molecule has 0 fully saturated rings. The molecule has 0 aliphatic rings. The number of nitrogens with zero attached hydrogens (tertiary/aromatic N) is 3. The summed E-state index contributed by atoms with van der Waals surface area (Å²) in [7, 11) is 0. The molecule has 0 unspecified atom stereocenters. The molecule has 25 heavy (non-hydrogen) atoms. The molecule has 124 valence electrons. The second kappa shape index (κ2) is 5.75. The molecule has 0 spiro atoms. The molecule has 2 heterocycles. The number of benzene rings is 2. The number of carbonyl (C=O) groups is 1. The van der Waals surface area contributed by atoms with Crippen LogP contribution in [0.4, 0.5) is 11.8 Å². The summed E-state index contributed by atoms with van der Waals surface area (Å²) < 4.78 is 5.29. The van der Waals surface area contributed by atoms with Crippen molar-refractivity contribution >= 4 is 39.9 Å². The van der Waals surface area contributed by atoms with Gasteiger partial charge in [0.1, 0.15) is 11.3 Å².